The Morgan fingerprint density at radius 1 is 1.12 bits per heavy atom. The van der Waals surface area contributed by atoms with Crippen molar-refractivity contribution < 1.29 is 0 Å². The normalized spacial score (nSPS) is 15.4. The molecular formula is C19H19N3OS. The summed E-state index contributed by atoms with van der Waals surface area (Å²) in [6.45, 7) is 2.13. The van der Waals surface area contributed by atoms with E-state index in [1.807, 2.05) is 10.6 Å². The molecule has 0 radical (unpaired) electrons. The molecule has 1 heterocycles. The van der Waals surface area contributed by atoms with E-state index < -0.39 is 0 Å². The van der Waals surface area contributed by atoms with E-state index in [0.29, 0.717) is 6.04 Å². The van der Waals surface area contributed by atoms with Crippen molar-refractivity contribution >= 4 is 11.8 Å². The Morgan fingerprint density at radius 2 is 1.83 bits per heavy atom. The van der Waals surface area contributed by atoms with Crippen LogP contribution in [0.15, 0.2) is 64.5 Å². The van der Waals surface area contributed by atoms with Crippen LogP contribution in [0.5, 0.6) is 0 Å². The summed E-state index contributed by atoms with van der Waals surface area (Å²) >= 11 is 1.65. The molecule has 1 fully saturated rings. The average Bonchev–Trinajstić information content (AvgIpc) is 3.38. The first-order valence-electron chi connectivity index (χ1n) is 8.18. The van der Waals surface area contributed by atoms with Gasteiger partial charge in [-0.15, -0.1) is 5.10 Å². The van der Waals surface area contributed by atoms with Crippen LogP contribution in [0.4, 0.5) is 0 Å². The van der Waals surface area contributed by atoms with Gasteiger partial charge in [0, 0.05) is 6.04 Å². The van der Waals surface area contributed by atoms with Crippen LogP contribution in [0.2, 0.25) is 0 Å². The summed E-state index contributed by atoms with van der Waals surface area (Å²) in [7, 11) is 0. The zero-order chi connectivity index (χ0) is 16.5. The van der Waals surface area contributed by atoms with Crippen LogP contribution in [0, 0.1) is 6.92 Å². The molecule has 1 N–H and O–H groups in total. The summed E-state index contributed by atoms with van der Waals surface area (Å²) < 4.78 is 1.82. The zero-order valence-electron chi connectivity index (χ0n) is 13.5. The lowest BCUT2D eigenvalue weighted by molar-refractivity contribution is 0.641. The fraction of sp³-hybridized carbons (Fsp3) is 0.263. The van der Waals surface area contributed by atoms with Crippen LogP contribution < -0.4 is 5.69 Å². The predicted octanol–water partition coefficient (Wildman–Crippen LogP) is 4.10. The third-order valence-corrected chi connectivity index (χ3v) is 5.64. The summed E-state index contributed by atoms with van der Waals surface area (Å²) in [5.41, 5.74) is 3.62. The van der Waals surface area contributed by atoms with Crippen molar-refractivity contribution in [2.24, 2.45) is 0 Å². The molecule has 4 rings (SSSR count). The number of nitrogens with zero attached hydrogens (tertiary/aromatic N) is 2. The molecule has 1 atom stereocenters. The molecule has 0 amide bonds. The second-order valence-electron chi connectivity index (χ2n) is 6.18. The molecule has 1 aliphatic carbocycles. The monoisotopic (exact) mass is 337 g/mol. The second-order valence-corrected chi connectivity index (χ2v) is 7.25. The molecule has 1 aliphatic rings. The number of H-pyrrole nitrogens is 1. The molecule has 122 valence electrons. The van der Waals surface area contributed by atoms with E-state index in [9.17, 15) is 4.79 Å². The number of aryl methyl sites for hydroxylation is 1. The minimum Gasteiger partial charge on any atom is -0.267 e. The number of rotatable bonds is 5. The van der Waals surface area contributed by atoms with Gasteiger partial charge in [0.25, 0.3) is 0 Å². The minimum absolute atomic E-state index is 0.100. The number of hydrogen-bond acceptors (Lipinski definition) is 3. The Labute approximate surface area is 144 Å². The largest absolute Gasteiger partial charge is 0.344 e. The minimum atomic E-state index is -0.100. The molecule has 5 heteroatoms. The van der Waals surface area contributed by atoms with Crippen molar-refractivity contribution in [3.8, 4) is 0 Å². The van der Waals surface area contributed by atoms with E-state index in [1.165, 1.54) is 16.7 Å². The van der Waals surface area contributed by atoms with Crippen molar-refractivity contribution in [3.05, 3.63) is 81.8 Å². The SMILES string of the molecule is Cc1ccccc1[C@H](Sc1n[nH]c(=O)n1C1CC1)c1ccccc1. The molecule has 0 bridgehead atoms. The number of nitrogens with one attached hydrogen (secondary N) is 1. The highest BCUT2D eigenvalue weighted by molar-refractivity contribution is 7.99. The van der Waals surface area contributed by atoms with Gasteiger partial charge in [-0.05, 0) is 36.5 Å². The molecule has 1 aromatic heterocycles. The lowest BCUT2D eigenvalue weighted by Crippen LogP contribution is -2.16. The Morgan fingerprint density at radius 3 is 2.54 bits per heavy atom. The lowest BCUT2D eigenvalue weighted by Gasteiger charge is -2.19. The van der Waals surface area contributed by atoms with Crippen LogP contribution in [-0.2, 0) is 0 Å². The molecule has 2 aromatic carbocycles. The van der Waals surface area contributed by atoms with E-state index >= 15 is 0 Å². The first-order chi connectivity index (χ1) is 11.7. The van der Waals surface area contributed by atoms with E-state index in [2.05, 4.69) is 65.7 Å². The predicted molar refractivity (Wildman–Crippen MR) is 96.4 cm³/mol. The van der Waals surface area contributed by atoms with Gasteiger partial charge in [0.05, 0.1) is 5.25 Å². The Balaban J connectivity index is 1.77. The van der Waals surface area contributed by atoms with Crippen molar-refractivity contribution in [2.45, 2.75) is 36.2 Å². The summed E-state index contributed by atoms with van der Waals surface area (Å²) in [4.78, 5) is 12.1. The van der Waals surface area contributed by atoms with Crippen molar-refractivity contribution in [1.29, 1.82) is 0 Å². The quantitative estimate of drug-likeness (QED) is 0.713. The van der Waals surface area contributed by atoms with Gasteiger partial charge in [-0.1, -0.05) is 66.4 Å². The van der Waals surface area contributed by atoms with E-state index in [0.717, 1.165) is 18.0 Å². The fourth-order valence-corrected chi connectivity index (χ4v) is 4.29. The van der Waals surface area contributed by atoms with Crippen LogP contribution in [0.25, 0.3) is 0 Å². The molecular weight excluding hydrogens is 318 g/mol. The van der Waals surface area contributed by atoms with Crippen LogP contribution in [0.3, 0.4) is 0 Å². The fourth-order valence-electron chi connectivity index (χ4n) is 2.95. The van der Waals surface area contributed by atoms with Crippen molar-refractivity contribution in [2.75, 3.05) is 0 Å². The van der Waals surface area contributed by atoms with Gasteiger partial charge >= 0.3 is 5.69 Å². The van der Waals surface area contributed by atoms with E-state index in [-0.39, 0.29) is 10.9 Å². The Hall–Kier alpha value is -2.27. The van der Waals surface area contributed by atoms with Gasteiger partial charge in [-0.25, -0.2) is 9.89 Å². The zero-order valence-corrected chi connectivity index (χ0v) is 14.3. The maximum atomic E-state index is 12.1. The van der Waals surface area contributed by atoms with Gasteiger partial charge in [-0.3, -0.25) is 4.57 Å². The highest BCUT2D eigenvalue weighted by Crippen LogP contribution is 2.43. The van der Waals surface area contributed by atoms with Crippen LogP contribution in [0.1, 0.15) is 40.8 Å². The maximum Gasteiger partial charge on any atom is 0.344 e. The van der Waals surface area contributed by atoms with Gasteiger partial charge < -0.3 is 0 Å². The number of thioether (sulfide) groups is 1. The number of aromatic amines is 1. The third-order valence-electron chi connectivity index (χ3n) is 4.38. The highest BCUT2D eigenvalue weighted by Gasteiger charge is 2.30. The van der Waals surface area contributed by atoms with Crippen LogP contribution >= 0.6 is 11.8 Å². The standard InChI is InChI=1S/C19H19N3OS/c1-13-7-5-6-10-16(13)17(14-8-3-2-4-9-14)24-19-21-20-18(23)22(19)15-11-12-15/h2-10,15,17H,11-12H2,1H3,(H,20,23)/t17-/m1/s1. The summed E-state index contributed by atoms with van der Waals surface area (Å²) in [5, 5.41) is 7.79. The van der Waals surface area contributed by atoms with Gasteiger partial charge in [0.2, 0.25) is 0 Å². The first-order valence-corrected chi connectivity index (χ1v) is 9.06. The molecule has 3 aromatic rings. The average molecular weight is 337 g/mol. The molecule has 0 spiro atoms. The first kappa shape index (κ1) is 15.3. The number of benzene rings is 2. The smallest absolute Gasteiger partial charge is 0.267 e. The molecule has 24 heavy (non-hydrogen) atoms. The molecule has 0 unspecified atom stereocenters. The lowest BCUT2D eigenvalue weighted by atomic mass is 10.0. The van der Waals surface area contributed by atoms with E-state index in [4.69, 9.17) is 0 Å². The van der Waals surface area contributed by atoms with Crippen molar-refractivity contribution in [1.82, 2.24) is 14.8 Å². The Bertz CT molecular complexity index is 896. The third kappa shape index (κ3) is 2.91. The molecule has 1 saturated carbocycles. The molecule has 0 saturated heterocycles. The highest BCUT2D eigenvalue weighted by atomic mass is 32.2. The topological polar surface area (TPSA) is 50.7 Å². The number of aromatic nitrogens is 3. The molecule has 0 aliphatic heterocycles. The van der Waals surface area contributed by atoms with Crippen LogP contribution in [-0.4, -0.2) is 14.8 Å². The second kappa shape index (κ2) is 6.32. The summed E-state index contributed by atoms with van der Waals surface area (Å²) in [6, 6.07) is 19.1. The Kier molecular flexibility index (Phi) is 4.02. The summed E-state index contributed by atoms with van der Waals surface area (Å²) in [5.74, 6) is 0. The van der Waals surface area contributed by atoms with Gasteiger partial charge in [0.15, 0.2) is 5.16 Å². The summed E-state index contributed by atoms with van der Waals surface area (Å²) in [6.07, 6.45) is 2.13. The molecule has 4 nitrogen and oxygen atoms in total. The van der Waals surface area contributed by atoms with E-state index in [1.54, 1.807) is 11.8 Å². The van der Waals surface area contributed by atoms with Gasteiger partial charge in [-0.2, -0.15) is 0 Å². The van der Waals surface area contributed by atoms with Gasteiger partial charge in [0.1, 0.15) is 0 Å². The maximum absolute atomic E-state index is 12.1. The number of hydrogen-bond donors (Lipinski definition) is 1. The van der Waals surface area contributed by atoms with Crippen molar-refractivity contribution in [3.63, 3.8) is 0 Å².